The van der Waals surface area contributed by atoms with E-state index in [-0.39, 0.29) is 0 Å². The maximum absolute atomic E-state index is 6.03. The van der Waals surface area contributed by atoms with E-state index in [1.807, 2.05) is 43.3 Å². The summed E-state index contributed by atoms with van der Waals surface area (Å²) >= 11 is 6.03. The Labute approximate surface area is 164 Å². The van der Waals surface area contributed by atoms with Crippen LogP contribution < -0.4 is 16.4 Å². The van der Waals surface area contributed by atoms with E-state index >= 15 is 0 Å². The first-order valence-corrected chi connectivity index (χ1v) is 9.26. The van der Waals surface area contributed by atoms with Gasteiger partial charge in [0.25, 0.3) is 0 Å². The maximum atomic E-state index is 6.03. The summed E-state index contributed by atoms with van der Waals surface area (Å²) < 4.78 is 0. The summed E-state index contributed by atoms with van der Waals surface area (Å²) in [4.78, 5) is 13.4. The zero-order valence-electron chi connectivity index (χ0n) is 15.2. The van der Waals surface area contributed by atoms with Gasteiger partial charge in [0.15, 0.2) is 0 Å². The van der Waals surface area contributed by atoms with Crippen molar-refractivity contribution in [2.75, 3.05) is 23.7 Å². The molecule has 27 heavy (non-hydrogen) atoms. The average Bonchev–Trinajstić information content (AvgIpc) is 2.68. The molecule has 6 nitrogen and oxygen atoms in total. The number of pyridine rings is 1. The summed E-state index contributed by atoms with van der Waals surface area (Å²) in [5.74, 6) is 1.43. The quantitative estimate of drug-likeness (QED) is 0.512. The molecular weight excluding hydrogens is 360 g/mol. The van der Waals surface area contributed by atoms with E-state index in [9.17, 15) is 0 Å². The Balaban J connectivity index is 1.76. The fourth-order valence-electron chi connectivity index (χ4n) is 2.72. The first kappa shape index (κ1) is 19.1. The predicted molar refractivity (Wildman–Crippen MR) is 111 cm³/mol. The van der Waals surface area contributed by atoms with Gasteiger partial charge in [-0.3, -0.25) is 0 Å². The van der Waals surface area contributed by atoms with E-state index in [0.29, 0.717) is 24.1 Å². The number of anilines is 2. The highest BCUT2D eigenvalue weighted by Crippen LogP contribution is 2.26. The van der Waals surface area contributed by atoms with Crippen LogP contribution in [0.15, 0.2) is 48.8 Å². The second kappa shape index (κ2) is 9.30. The smallest absolute Gasteiger partial charge is 0.223 e. The number of rotatable bonds is 8. The van der Waals surface area contributed by atoms with Crippen molar-refractivity contribution in [3.63, 3.8) is 0 Å². The average molecular weight is 383 g/mol. The molecule has 0 aliphatic rings. The minimum atomic E-state index is 0.571. The number of hydrogen-bond acceptors (Lipinski definition) is 6. The molecule has 0 aliphatic carbocycles. The number of nitrogens with two attached hydrogens (primary N) is 1. The van der Waals surface area contributed by atoms with Gasteiger partial charge in [-0.25, -0.2) is 15.0 Å². The molecule has 7 heteroatoms. The summed E-state index contributed by atoms with van der Waals surface area (Å²) in [6.07, 6.45) is 4.44. The Morgan fingerprint density at radius 1 is 1.07 bits per heavy atom. The summed E-state index contributed by atoms with van der Waals surface area (Å²) in [5.41, 5.74) is 9.55. The van der Waals surface area contributed by atoms with Crippen LogP contribution in [-0.4, -0.2) is 28.0 Å². The van der Waals surface area contributed by atoms with Crippen LogP contribution in [0.5, 0.6) is 0 Å². The minimum absolute atomic E-state index is 0.571. The summed E-state index contributed by atoms with van der Waals surface area (Å²) in [6.45, 7) is 4.09. The van der Waals surface area contributed by atoms with E-state index in [0.717, 1.165) is 41.2 Å². The molecule has 2 aromatic heterocycles. The Morgan fingerprint density at radius 3 is 2.74 bits per heavy atom. The molecule has 0 aliphatic heterocycles. The Kier molecular flexibility index (Phi) is 6.57. The molecule has 0 saturated heterocycles. The van der Waals surface area contributed by atoms with Crippen LogP contribution >= 0.6 is 11.6 Å². The maximum Gasteiger partial charge on any atom is 0.223 e. The van der Waals surface area contributed by atoms with Crippen LogP contribution in [0.2, 0.25) is 5.02 Å². The molecule has 0 spiro atoms. The zero-order chi connectivity index (χ0) is 19.1. The van der Waals surface area contributed by atoms with Crippen molar-refractivity contribution >= 4 is 23.4 Å². The second-order valence-corrected chi connectivity index (χ2v) is 6.59. The molecule has 3 aromatic rings. The van der Waals surface area contributed by atoms with Gasteiger partial charge in [-0.1, -0.05) is 23.7 Å². The van der Waals surface area contributed by atoms with Gasteiger partial charge < -0.3 is 16.4 Å². The molecule has 0 radical (unpaired) electrons. The molecule has 3 rings (SSSR count). The minimum Gasteiger partial charge on any atom is -0.370 e. The van der Waals surface area contributed by atoms with Crippen molar-refractivity contribution in [2.24, 2.45) is 5.73 Å². The van der Waals surface area contributed by atoms with Crippen molar-refractivity contribution in [3.8, 4) is 11.3 Å². The third-order valence-electron chi connectivity index (χ3n) is 4.15. The fraction of sp³-hybridized carbons (Fsp3) is 0.250. The van der Waals surface area contributed by atoms with E-state index in [2.05, 4.69) is 25.6 Å². The van der Waals surface area contributed by atoms with Gasteiger partial charge in [-0.15, -0.1) is 0 Å². The second-order valence-electron chi connectivity index (χ2n) is 6.15. The molecular formula is C20H23ClN6. The lowest BCUT2D eigenvalue weighted by Gasteiger charge is -2.12. The van der Waals surface area contributed by atoms with Gasteiger partial charge in [-0.05, 0) is 49.7 Å². The molecule has 0 unspecified atom stereocenters. The van der Waals surface area contributed by atoms with Gasteiger partial charge in [-0.2, -0.15) is 0 Å². The summed E-state index contributed by atoms with van der Waals surface area (Å²) in [5, 5.41) is 7.29. The van der Waals surface area contributed by atoms with Gasteiger partial charge in [0.2, 0.25) is 5.95 Å². The van der Waals surface area contributed by atoms with Gasteiger partial charge in [0, 0.05) is 41.6 Å². The lowest BCUT2D eigenvalue weighted by atomic mass is 10.1. The molecule has 140 valence electrons. The van der Waals surface area contributed by atoms with Crippen LogP contribution in [0.3, 0.4) is 0 Å². The normalized spacial score (nSPS) is 10.6. The highest BCUT2D eigenvalue weighted by atomic mass is 35.5. The van der Waals surface area contributed by atoms with E-state index < -0.39 is 0 Å². The number of nitrogens with one attached hydrogen (secondary N) is 2. The third-order valence-corrected chi connectivity index (χ3v) is 4.38. The first-order valence-electron chi connectivity index (χ1n) is 8.88. The van der Waals surface area contributed by atoms with E-state index in [1.54, 1.807) is 12.4 Å². The van der Waals surface area contributed by atoms with Gasteiger partial charge >= 0.3 is 0 Å². The van der Waals surface area contributed by atoms with Crippen LogP contribution in [0.1, 0.15) is 17.5 Å². The highest BCUT2D eigenvalue weighted by molar-refractivity contribution is 6.30. The highest BCUT2D eigenvalue weighted by Gasteiger charge is 2.09. The SMILES string of the molecule is Cc1c(-c2ccnc(NCc3cccc(Cl)c3)n2)ccnc1NCCCN. The first-order chi connectivity index (χ1) is 13.2. The van der Waals surface area contributed by atoms with Crippen molar-refractivity contribution in [2.45, 2.75) is 19.9 Å². The molecule has 0 amide bonds. The van der Waals surface area contributed by atoms with Crippen molar-refractivity contribution in [3.05, 3.63) is 64.9 Å². The Bertz CT molecular complexity index is 899. The van der Waals surface area contributed by atoms with Gasteiger partial charge in [0.05, 0.1) is 5.69 Å². The molecule has 2 heterocycles. The molecule has 0 fully saturated rings. The van der Waals surface area contributed by atoms with E-state index in [4.69, 9.17) is 17.3 Å². The van der Waals surface area contributed by atoms with Crippen molar-refractivity contribution in [1.82, 2.24) is 15.0 Å². The number of aromatic nitrogens is 3. The third kappa shape index (κ3) is 5.15. The summed E-state index contributed by atoms with van der Waals surface area (Å²) in [7, 11) is 0. The Morgan fingerprint density at radius 2 is 1.93 bits per heavy atom. The topological polar surface area (TPSA) is 88.8 Å². The number of benzene rings is 1. The largest absolute Gasteiger partial charge is 0.370 e. The van der Waals surface area contributed by atoms with Crippen LogP contribution in [0.25, 0.3) is 11.3 Å². The van der Waals surface area contributed by atoms with Crippen LogP contribution in [-0.2, 0) is 6.54 Å². The van der Waals surface area contributed by atoms with Crippen LogP contribution in [0, 0.1) is 6.92 Å². The van der Waals surface area contributed by atoms with E-state index in [1.165, 1.54) is 0 Å². The summed E-state index contributed by atoms with van der Waals surface area (Å²) in [6, 6.07) is 11.6. The van der Waals surface area contributed by atoms with Crippen molar-refractivity contribution in [1.29, 1.82) is 0 Å². The predicted octanol–water partition coefficient (Wildman–Crippen LogP) is 3.87. The standard InChI is InChI=1S/C20H23ClN6/c1-14-17(6-10-24-19(14)23-9-3-8-22)18-7-11-25-20(27-18)26-13-15-4-2-5-16(21)12-15/h2,4-7,10-12H,3,8-9,13,22H2,1H3,(H,23,24)(H,25,26,27). The Hall–Kier alpha value is -2.70. The fourth-order valence-corrected chi connectivity index (χ4v) is 2.94. The molecule has 0 bridgehead atoms. The lowest BCUT2D eigenvalue weighted by molar-refractivity contribution is 0.869. The number of halogens is 1. The zero-order valence-corrected chi connectivity index (χ0v) is 16.0. The lowest BCUT2D eigenvalue weighted by Crippen LogP contribution is -2.10. The van der Waals surface area contributed by atoms with Crippen LogP contribution in [0.4, 0.5) is 11.8 Å². The number of nitrogens with zero attached hydrogens (tertiary/aromatic N) is 3. The monoisotopic (exact) mass is 382 g/mol. The molecule has 0 saturated carbocycles. The van der Waals surface area contributed by atoms with Crippen molar-refractivity contribution < 1.29 is 0 Å². The van der Waals surface area contributed by atoms with Gasteiger partial charge in [0.1, 0.15) is 5.82 Å². The molecule has 0 atom stereocenters. The molecule has 4 N–H and O–H groups in total. The molecule has 1 aromatic carbocycles. The number of hydrogen-bond donors (Lipinski definition) is 3.